The summed E-state index contributed by atoms with van der Waals surface area (Å²) in [4.78, 5) is 0. The third kappa shape index (κ3) is 3.11. The number of ether oxygens (including phenoxy) is 1. The van der Waals surface area contributed by atoms with Crippen LogP contribution in [-0.4, -0.2) is 31.5 Å². The fourth-order valence-corrected chi connectivity index (χ4v) is 3.10. The van der Waals surface area contributed by atoms with Crippen molar-refractivity contribution in [1.29, 1.82) is 0 Å². The summed E-state index contributed by atoms with van der Waals surface area (Å²) in [6, 6.07) is 6.21. The molecule has 0 heterocycles. The number of benzene rings is 1. The fourth-order valence-electron chi connectivity index (χ4n) is 2.92. The van der Waals surface area contributed by atoms with Crippen LogP contribution in [0.1, 0.15) is 31.0 Å². The van der Waals surface area contributed by atoms with Crippen LogP contribution in [0.2, 0.25) is 5.02 Å². The summed E-state index contributed by atoms with van der Waals surface area (Å²) in [5, 5.41) is 13.7. The Balaban J connectivity index is 2.25. The van der Waals surface area contributed by atoms with Crippen molar-refractivity contribution in [2.75, 3.05) is 20.3 Å². The summed E-state index contributed by atoms with van der Waals surface area (Å²) < 4.78 is 5.14. The molecule has 1 aliphatic rings. The van der Waals surface area contributed by atoms with Gasteiger partial charge in [0.1, 0.15) is 0 Å². The Morgan fingerprint density at radius 1 is 1.53 bits per heavy atom. The van der Waals surface area contributed by atoms with Crippen molar-refractivity contribution in [3.63, 3.8) is 0 Å². The average Bonchev–Trinajstić information content (AvgIpc) is 2.60. The molecule has 1 aliphatic carbocycles. The van der Waals surface area contributed by atoms with Gasteiger partial charge in [0.2, 0.25) is 0 Å². The molecule has 0 aliphatic heterocycles. The topological polar surface area (TPSA) is 41.5 Å². The standard InChI is InChI=1S/C15H22ClNO2/c1-15(2)7-10-4-5-11(16)6-13(10)14(15)17-12(8-18)9-19-3/h4-6,12,14,17-18H,7-9H2,1-3H3. The molecule has 0 radical (unpaired) electrons. The Labute approximate surface area is 119 Å². The second-order valence-electron chi connectivity index (χ2n) is 5.94. The first-order valence-corrected chi connectivity index (χ1v) is 7.00. The molecule has 0 bridgehead atoms. The number of rotatable bonds is 5. The van der Waals surface area contributed by atoms with Crippen molar-refractivity contribution in [3.05, 3.63) is 34.3 Å². The molecule has 0 amide bonds. The van der Waals surface area contributed by atoms with Crippen LogP contribution in [0.4, 0.5) is 0 Å². The molecular weight excluding hydrogens is 262 g/mol. The van der Waals surface area contributed by atoms with Crippen LogP contribution in [0.25, 0.3) is 0 Å². The minimum Gasteiger partial charge on any atom is -0.395 e. The summed E-state index contributed by atoms with van der Waals surface area (Å²) in [6.07, 6.45) is 1.02. The van der Waals surface area contributed by atoms with Crippen LogP contribution in [-0.2, 0) is 11.2 Å². The van der Waals surface area contributed by atoms with Gasteiger partial charge in [-0.3, -0.25) is 0 Å². The molecule has 3 nitrogen and oxygen atoms in total. The quantitative estimate of drug-likeness (QED) is 0.873. The lowest BCUT2D eigenvalue weighted by molar-refractivity contribution is 0.108. The molecule has 0 saturated heterocycles. The molecule has 0 aromatic heterocycles. The highest BCUT2D eigenvalue weighted by Gasteiger charge is 2.39. The highest BCUT2D eigenvalue weighted by atomic mass is 35.5. The lowest BCUT2D eigenvalue weighted by Gasteiger charge is -2.32. The SMILES string of the molecule is COCC(CO)NC1c2cc(Cl)ccc2CC1(C)C. The molecule has 1 aromatic rings. The number of aliphatic hydroxyl groups excluding tert-OH is 1. The summed E-state index contributed by atoms with van der Waals surface area (Å²) in [5.74, 6) is 0. The van der Waals surface area contributed by atoms with E-state index in [-0.39, 0.29) is 24.1 Å². The highest BCUT2D eigenvalue weighted by molar-refractivity contribution is 6.30. The van der Waals surface area contributed by atoms with E-state index in [0.29, 0.717) is 6.61 Å². The number of fused-ring (bicyclic) bond motifs is 1. The van der Waals surface area contributed by atoms with E-state index in [4.69, 9.17) is 16.3 Å². The first-order valence-electron chi connectivity index (χ1n) is 6.62. The number of nitrogens with one attached hydrogen (secondary N) is 1. The van der Waals surface area contributed by atoms with Crippen LogP contribution >= 0.6 is 11.6 Å². The monoisotopic (exact) mass is 283 g/mol. The van der Waals surface area contributed by atoms with Crippen LogP contribution in [0.3, 0.4) is 0 Å². The zero-order valence-corrected chi connectivity index (χ0v) is 12.5. The van der Waals surface area contributed by atoms with Crippen molar-refractivity contribution in [2.45, 2.75) is 32.4 Å². The van der Waals surface area contributed by atoms with E-state index in [1.165, 1.54) is 11.1 Å². The lowest BCUT2D eigenvalue weighted by Crippen LogP contribution is -2.43. The van der Waals surface area contributed by atoms with Crippen molar-refractivity contribution in [3.8, 4) is 0 Å². The van der Waals surface area contributed by atoms with Crippen molar-refractivity contribution < 1.29 is 9.84 Å². The predicted octanol–water partition coefficient (Wildman–Crippen LogP) is 2.56. The summed E-state index contributed by atoms with van der Waals surface area (Å²) in [7, 11) is 1.65. The number of methoxy groups -OCH3 is 1. The van der Waals surface area contributed by atoms with Gasteiger partial charge in [0.15, 0.2) is 0 Å². The van der Waals surface area contributed by atoms with E-state index in [1.54, 1.807) is 7.11 Å². The molecule has 2 rings (SSSR count). The summed E-state index contributed by atoms with van der Waals surface area (Å²) >= 11 is 6.11. The van der Waals surface area contributed by atoms with Gasteiger partial charge in [-0.1, -0.05) is 31.5 Å². The summed E-state index contributed by atoms with van der Waals surface area (Å²) in [6.45, 7) is 5.04. The minimum absolute atomic E-state index is 0.0563. The molecule has 0 spiro atoms. The molecule has 19 heavy (non-hydrogen) atoms. The van der Waals surface area contributed by atoms with E-state index in [9.17, 15) is 5.11 Å². The van der Waals surface area contributed by atoms with Crippen LogP contribution in [0.15, 0.2) is 18.2 Å². The Kier molecular flexibility index (Phi) is 4.51. The normalized spacial score (nSPS) is 22.3. The van der Waals surface area contributed by atoms with Gasteiger partial charge in [-0.2, -0.15) is 0 Å². The third-order valence-corrected chi connectivity index (χ3v) is 4.07. The van der Waals surface area contributed by atoms with Crippen molar-refractivity contribution in [1.82, 2.24) is 5.32 Å². The largest absolute Gasteiger partial charge is 0.395 e. The van der Waals surface area contributed by atoms with Gasteiger partial charge in [0, 0.05) is 18.2 Å². The molecular formula is C15H22ClNO2. The molecule has 1 aromatic carbocycles. The number of hydrogen-bond acceptors (Lipinski definition) is 3. The maximum atomic E-state index is 9.42. The highest BCUT2D eigenvalue weighted by Crippen LogP contribution is 2.46. The molecule has 0 fully saturated rings. The molecule has 2 atom stereocenters. The van der Waals surface area contributed by atoms with Gasteiger partial charge in [0.25, 0.3) is 0 Å². The Bertz CT molecular complexity index is 448. The predicted molar refractivity (Wildman–Crippen MR) is 77.6 cm³/mol. The van der Waals surface area contributed by atoms with Gasteiger partial charge in [-0.25, -0.2) is 0 Å². The zero-order valence-electron chi connectivity index (χ0n) is 11.7. The summed E-state index contributed by atoms with van der Waals surface area (Å²) in [5.41, 5.74) is 2.68. The second-order valence-corrected chi connectivity index (χ2v) is 6.38. The fraction of sp³-hybridized carbons (Fsp3) is 0.600. The molecule has 2 unspecified atom stereocenters. The van der Waals surface area contributed by atoms with Crippen molar-refractivity contribution in [2.24, 2.45) is 5.41 Å². The van der Waals surface area contributed by atoms with E-state index < -0.39 is 0 Å². The maximum absolute atomic E-state index is 9.42. The van der Waals surface area contributed by atoms with Gasteiger partial charge < -0.3 is 15.2 Å². The Morgan fingerprint density at radius 3 is 2.89 bits per heavy atom. The second kappa shape index (κ2) is 5.80. The maximum Gasteiger partial charge on any atom is 0.0638 e. The van der Waals surface area contributed by atoms with Crippen LogP contribution in [0, 0.1) is 5.41 Å². The molecule has 2 N–H and O–H groups in total. The van der Waals surface area contributed by atoms with Crippen LogP contribution < -0.4 is 5.32 Å². The molecule has 0 saturated carbocycles. The number of hydrogen-bond donors (Lipinski definition) is 2. The van der Waals surface area contributed by atoms with Gasteiger partial charge >= 0.3 is 0 Å². The van der Waals surface area contributed by atoms with Gasteiger partial charge in [-0.15, -0.1) is 0 Å². The minimum atomic E-state index is -0.0563. The first-order chi connectivity index (χ1) is 8.97. The molecule has 4 heteroatoms. The number of halogens is 1. The van der Waals surface area contributed by atoms with Gasteiger partial charge in [-0.05, 0) is 35.1 Å². The average molecular weight is 284 g/mol. The molecule has 106 valence electrons. The van der Waals surface area contributed by atoms with E-state index >= 15 is 0 Å². The Hall–Kier alpha value is -0.610. The lowest BCUT2D eigenvalue weighted by atomic mass is 9.85. The van der Waals surface area contributed by atoms with E-state index in [1.807, 2.05) is 12.1 Å². The first kappa shape index (κ1) is 14.8. The zero-order chi connectivity index (χ0) is 14.0. The smallest absolute Gasteiger partial charge is 0.0638 e. The van der Waals surface area contributed by atoms with Crippen LogP contribution in [0.5, 0.6) is 0 Å². The third-order valence-electron chi connectivity index (χ3n) is 3.84. The van der Waals surface area contributed by atoms with Crippen molar-refractivity contribution >= 4 is 11.6 Å². The Morgan fingerprint density at radius 2 is 2.26 bits per heavy atom. The number of aliphatic hydroxyl groups is 1. The van der Waals surface area contributed by atoms with Gasteiger partial charge in [0.05, 0.1) is 19.3 Å². The van der Waals surface area contributed by atoms with E-state index in [2.05, 4.69) is 25.2 Å². The van der Waals surface area contributed by atoms with E-state index in [0.717, 1.165) is 11.4 Å².